The molecule has 8 rings (SSSR count). The summed E-state index contributed by atoms with van der Waals surface area (Å²) in [5.74, 6) is -17.1. The topological polar surface area (TPSA) is 289 Å². The van der Waals surface area contributed by atoms with E-state index in [2.05, 4.69) is 16.0 Å². The van der Waals surface area contributed by atoms with E-state index in [1.807, 2.05) is 13.8 Å². The maximum atomic E-state index is 15.7. The second-order valence-corrected chi connectivity index (χ2v) is 32.5. The Morgan fingerprint density at radius 2 is 1.26 bits per heavy atom. The van der Waals surface area contributed by atoms with Crippen LogP contribution in [0.4, 0.5) is 35.1 Å². The molecule has 4 saturated carbocycles. The molecule has 3 saturated heterocycles. The molecule has 34 heteroatoms. The number of fused-ring (bicyclic) bond motifs is 3. The van der Waals surface area contributed by atoms with E-state index in [1.165, 1.54) is 61.9 Å². The zero-order valence-electron chi connectivity index (χ0n) is 65.5. The number of morpholine rings is 1. The number of carbonyl (C=O) groups is 12. The highest BCUT2D eigenvalue weighted by Gasteiger charge is 2.56. The minimum absolute atomic E-state index is 0.0104. The van der Waals surface area contributed by atoms with Gasteiger partial charge in [-0.1, -0.05) is 59.1 Å². The van der Waals surface area contributed by atoms with Crippen molar-refractivity contribution in [3.05, 3.63) is 12.2 Å². The predicted octanol–water partition coefficient (Wildman–Crippen LogP) is 5.73. The van der Waals surface area contributed by atoms with Crippen molar-refractivity contribution in [1.82, 2.24) is 60.0 Å². The van der Waals surface area contributed by atoms with Crippen molar-refractivity contribution in [2.24, 2.45) is 41.4 Å². The number of nitrogens with zero attached hydrogens (tertiary/aromatic N) is 9. The van der Waals surface area contributed by atoms with Crippen molar-refractivity contribution >= 4 is 70.9 Å². The number of likely N-dealkylation sites (N-methyl/N-ethyl adjacent to an activating group) is 6. The maximum absolute atomic E-state index is 15.7. The molecule has 26 nitrogen and oxygen atoms in total. The summed E-state index contributed by atoms with van der Waals surface area (Å²) < 4.78 is 127. The SMILES string of the molecule is CCO[C@@H]1C[C@H]2C(=O)NC3(CCC3)C(=O)N(C)[C@@H](C3CCCC3)C(=O)N(C)[C@H](C(=O)N3CCOCC3)CC(=O)N(C)[C@@H](CC(C)C)C(=O)N[C@@H]([C@@H](C)CC)C(=O)N(C)CC(=O)N(C)[C@H]3CC=CCN(C3=O)[C@@H](CC3CCC(C(F)(F)F)CC3)C(=O)N(C)CC(=O)N[C@@H](CCC3CC(F)C(C(F)(F)F)C(F)C3)C(=O)N2C1. The van der Waals surface area contributed by atoms with E-state index in [-0.39, 0.29) is 123 Å². The fourth-order valence-electron chi connectivity index (χ4n) is 17.5. The average Bonchev–Trinajstić information content (AvgIpc) is 1.06. The summed E-state index contributed by atoms with van der Waals surface area (Å²) in [5, 5.41) is 8.43. The summed E-state index contributed by atoms with van der Waals surface area (Å²) in [6.45, 7) is 7.26. The van der Waals surface area contributed by atoms with Crippen LogP contribution in [0, 0.1) is 41.4 Å². The first-order valence-electron chi connectivity index (χ1n) is 39.4. The third-order valence-corrected chi connectivity index (χ3v) is 24.6. The Bertz CT molecular complexity index is 3300. The Morgan fingerprint density at radius 3 is 1.84 bits per heavy atom. The average molecular weight is 1570 g/mol. The molecule has 12 amide bonds. The van der Waals surface area contributed by atoms with Crippen LogP contribution in [0.2, 0.25) is 0 Å². The van der Waals surface area contributed by atoms with Gasteiger partial charge in [0.2, 0.25) is 70.9 Å². The first kappa shape index (κ1) is 88.3. The van der Waals surface area contributed by atoms with E-state index in [1.54, 1.807) is 32.9 Å². The molecule has 620 valence electrons. The molecule has 12 atom stereocenters. The minimum Gasteiger partial charge on any atom is -0.378 e. The lowest BCUT2D eigenvalue weighted by Gasteiger charge is -2.47. The molecular formula is C76H116F8N12O14. The standard InChI is InChI=1S/C76H116F8N12O14/c1-12-45(5)63-71(106)89(7)43-61(99)90(8)54-21-16-17-30-95(70(54)105)58(38-46-22-25-49(26-23-46)75(79,80)81)68(103)88(6)42-59(97)85-53(27-24-47-36-51(77)62(52(78)37-47)76(82,83)84)67(102)96-41-50(110-13-2)39-56(96)66(101)87-74(28-18-29-74)73(108)93(11)64(48-19-14-15-20-48)72(107)92(10)57(69(104)94-31-33-109-34-32-94)40-60(98)91(9)55(35-44(3)4)65(100)86-63/h16-17,44-58,62-64H,12-15,18-43H2,1-11H3,(H,85,97)(H,86,100)(H,87,101)/t45-,46?,47?,49?,50+,51?,52?,53-,54-,55-,56-,57-,58-,62?,63-,64-/m0/s1. The number of hydrogen-bond donors (Lipinski definition) is 3. The van der Waals surface area contributed by atoms with Crippen LogP contribution < -0.4 is 16.0 Å². The number of alkyl halides is 8. The summed E-state index contributed by atoms with van der Waals surface area (Å²) in [6.07, 6.45) is -13.7. The smallest absolute Gasteiger partial charge is 0.378 e. The van der Waals surface area contributed by atoms with Crippen molar-refractivity contribution in [2.75, 3.05) is 101 Å². The van der Waals surface area contributed by atoms with Gasteiger partial charge in [-0.05, 0) is 139 Å². The van der Waals surface area contributed by atoms with Crippen LogP contribution in [-0.2, 0) is 67.0 Å². The molecule has 8 aliphatic rings. The van der Waals surface area contributed by atoms with Gasteiger partial charge in [-0.3, -0.25) is 57.5 Å². The molecule has 110 heavy (non-hydrogen) atoms. The monoisotopic (exact) mass is 1570 g/mol. The molecule has 4 aliphatic carbocycles. The highest BCUT2D eigenvalue weighted by molar-refractivity contribution is 6.01. The molecule has 3 N–H and O–H groups in total. The summed E-state index contributed by atoms with van der Waals surface area (Å²) in [7, 11) is 8.01. The van der Waals surface area contributed by atoms with Crippen LogP contribution in [-0.4, -0.2) is 301 Å². The Hall–Kier alpha value is -7.26. The normalized spacial score (nSPS) is 32.1. The predicted molar refractivity (Wildman–Crippen MR) is 385 cm³/mol. The van der Waals surface area contributed by atoms with Gasteiger partial charge in [0.1, 0.15) is 72.1 Å². The van der Waals surface area contributed by atoms with Gasteiger partial charge < -0.3 is 69.5 Å². The summed E-state index contributed by atoms with van der Waals surface area (Å²) >= 11 is 0. The molecule has 4 aliphatic heterocycles. The number of amides is 12. The zero-order valence-corrected chi connectivity index (χ0v) is 65.5. The van der Waals surface area contributed by atoms with E-state index < -0.39 is 230 Å². The first-order valence-corrected chi connectivity index (χ1v) is 39.4. The van der Waals surface area contributed by atoms with Gasteiger partial charge in [-0.15, -0.1) is 0 Å². The minimum atomic E-state index is -5.22. The second-order valence-electron chi connectivity index (χ2n) is 32.5. The second kappa shape index (κ2) is 38.0. The van der Waals surface area contributed by atoms with Gasteiger partial charge in [0, 0.05) is 81.5 Å². The van der Waals surface area contributed by atoms with Crippen molar-refractivity contribution in [3.63, 3.8) is 0 Å². The molecule has 7 fully saturated rings. The molecule has 4 heterocycles. The first-order chi connectivity index (χ1) is 51.7. The molecular weight excluding hydrogens is 1460 g/mol. The van der Waals surface area contributed by atoms with Gasteiger partial charge in [-0.25, -0.2) is 8.78 Å². The third kappa shape index (κ3) is 21.1. The highest BCUT2D eigenvalue weighted by Crippen LogP contribution is 2.46. The van der Waals surface area contributed by atoms with Crippen LogP contribution in [0.5, 0.6) is 0 Å². The van der Waals surface area contributed by atoms with Crippen LogP contribution in [0.15, 0.2) is 12.2 Å². The molecule has 0 radical (unpaired) electrons. The van der Waals surface area contributed by atoms with E-state index in [0.29, 0.717) is 38.5 Å². The lowest BCUT2D eigenvalue weighted by atomic mass is 9.74. The summed E-state index contributed by atoms with van der Waals surface area (Å²) in [4.78, 5) is 193. The Morgan fingerprint density at radius 1 is 0.636 bits per heavy atom. The molecule has 1 spiro atoms. The van der Waals surface area contributed by atoms with Gasteiger partial charge in [0.15, 0.2) is 0 Å². The van der Waals surface area contributed by atoms with Crippen molar-refractivity contribution < 1.29 is 102 Å². The number of ether oxygens (including phenoxy) is 2. The fourth-order valence-corrected chi connectivity index (χ4v) is 17.5. The molecule has 2 unspecified atom stereocenters. The van der Waals surface area contributed by atoms with E-state index in [9.17, 15) is 45.5 Å². The molecule has 0 aromatic heterocycles. The number of halogens is 8. The van der Waals surface area contributed by atoms with Crippen LogP contribution in [0.1, 0.15) is 169 Å². The van der Waals surface area contributed by atoms with Gasteiger partial charge >= 0.3 is 12.4 Å². The lowest BCUT2D eigenvalue weighted by molar-refractivity contribution is -0.219. The quantitative estimate of drug-likeness (QED) is 0.147. The van der Waals surface area contributed by atoms with Gasteiger partial charge in [-0.2, -0.15) is 26.3 Å². The highest BCUT2D eigenvalue weighted by atomic mass is 19.4. The summed E-state index contributed by atoms with van der Waals surface area (Å²) in [6, 6.07) is -11.4. The molecule has 0 aromatic carbocycles. The van der Waals surface area contributed by atoms with Gasteiger partial charge in [0.25, 0.3) is 0 Å². The zero-order chi connectivity index (χ0) is 81.2. The number of hydrogen-bond acceptors (Lipinski definition) is 14. The van der Waals surface area contributed by atoms with Crippen LogP contribution in [0.3, 0.4) is 0 Å². The van der Waals surface area contributed by atoms with Crippen LogP contribution in [0.25, 0.3) is 0 Å². The van der Waals surface area contributed by atoms with Gasteiger partial charge in [0.05, 0.1) is 44.7 Å². The molecule has 0 aromatic rings. The Balaban J connectivity index is 1.20. The Labute approximate surface area is 639 Å². The van der Waals surface area contributed by atoms with Crippen molar-refractivity contribution in [1.29, 1.82) is 0 Å². The van der Waals surface area contributed by atoms with Crippen molar-refractivity contribution in [2.45, 2.75) is 254 Å². The fraction of sp³-hybridized carbons (Fsp3) is 0.816. The number of nitrogens with one attached hydrogen (secondary N) is 3. The summed E-state index contributed by atoms with van der Waals surface area (Å²) in [5.41, 5.74) is -1.70. The number of carbonyl (C=O) groups excluding carboxylic acids is 12. The van der Waals surface area contributed by atoms with Crippen molar-refractivity contribution in [3.8, 4) is 0 Å². The number of rotatable bonds is 13. The maximum Gasteiger partial charge on any atom is 0.397 e. The Kier molecular flexibility index (Phi) is 30.5. The van der Waals surface area contributed by atoms with E-state index in [4.69, 9.17) is 9.47 Å². The lowest BCUT2D eigenvalue weighted by Crippen LogP contribution is -2.68. The van der Waals surface area contributed by atoms with Crippen LogP contribution >= 0.6 is 0 Å². The largest absolute Gasteiger partial charge is 0.397 e. The van der Waals surface area contributed by atoms with E-state index >= 15 is 47.1 Å². The molecule has 2 bridgehead atoms. The third-order valence-electron chi connectivity index (χ3n) is 24.6. The van der Waals surface area contributed by atoms with E-state index in [0.717, 1.165) is 24.5 Å².